The van der Waals surface area contributed by atoms with Gasteiger partial charge in [0.05, 0.1) is 6.61 Å². The minimum absolute atomic E-state index is 0. The molecule has 1 unspecified atom stereocenters. The Morgan fingerprint density at radius 1 is 0.923 bits per heavy atom. The van der Waals surface area contributed by atoms with Crippen molar-refractivity contribution in [1.29, 1.82) is 0 Å². The van der Waals surface area contributed by atoms with Gasteiger partial charge in [-0.25, -0.2) is 0 Å². The summed E-state index contributed by atoms with van der Waals surface area (Å²) >= 11 is 0. The Hall–Kier alpha value is 0.240. The van der Waals surface area contributed by atoms with Gasteiger partial charge in [-0.05, 0) is 0 Å². The average Bonchev–Trinajstić information content (AvgIpc) is 2.08. The van der Waals surface area contributed by atoms with E-state index in [9.17, 15) is 0 Å². The molecule has 1 saturated heterocycles. The van der Waals surface area contributed by atoms with Crippen LogP contribution in [0, 0.1) is 0 Å². The predicted octanol–water partition coefficient (Wildman–Crippen LogP) is -2.64. The zero-order valence-electron chi connectivity index (χ0n) is 6.65. The van der Waals surface area contributed by atoms with Gasteiger partial charge in [0.25, 0.3) is 0 Å². The van der Waals surface area contributed by atoms with E-state index < -0.39 is 37.3 Å². The van der Waals surface area contributed by atoms with Crippen LogP contribution in [-0.4, -0.2) is 62.8 Å². The molecule has 80 valence electrons. The third-order valence-corrected chi connectivity index (χ3v) is 1.87. The number of halogens is 1. The summed E-state index contributed by atoms with van der Waals surface area (Å²) in [4.78, 5) is 0. The maximum atomic E-state index is 9.12. The number of hydrogen-bond acceptors (Lipinski definition) is 6. The average molecular weight is 261 g/mol. The molecular formula is C6H13BrO6. The first-order valence-corrected chi connectivity index (χ1v) is 3.56. The first-order chi connectivity index (χ1) is 5.57. The summed E-state index contributed by atoms with van der Waals surface area (Å²) in [6.45, 7) is -0.526. The molecule has 1 rings (SSSR count). The zero-order chi connectivity index (χ0) is 9.30. The van der Waals surface area contributed by atoms with Crippen molar-refractivity contribution in [3.8, 4) is 0 Å². The molecule has 1 aliphatic heterocycles. The third-order valence-electron chi connectivity index (χ3n) is 1.87. The van der Waals surface area contributed by atoms with Crippen LogP contribution in [0.3, 0.4) is 0 Å². The Labute approximate surface area is 85.2 Å². The van der Waals surface area contributed by atoms with Gasteiger partial charge >= 0.3 is 0 Å². The van der Waals surface area contributed by atoms with Gasteiger partial charge < -0.3 is 30.3 Å². The molecule has 5 N–H and O–H groups in total. The third kappa shape index (κ3) is 2.59. The second-order valence-corrected chi connectivity index (χ2v) is 2.72. The van der Waals surface area contributed by atoms with E-state index >= 15 is 0 Å². The summed E-state index contributed by atoms with van der Waals surface area (Å²) < 4.78 is 4.58. The van der Waals surface area contributed by atoms with Crippen molar-refractivity contribution in [2.24, 2.45) is 0 Å². The standard InChI is InChI=1S/C6H12O6.BrH/c7-1-2-3(8)4(9)5(10)6(11)12-2;/h2-11H,1H2;1H/t2-,3-,4+,5+,6?;/m1./s1. The van der Waals surface area contributed by atoms with E-state index in [1.54, 1.807) is 0 Å². The first-order valence-electron chi connectivity index (χ1n) is 3.56. The molecule has 0 radical (unpaired) electrons. The highest BCUT2D eigenvalue weighted by Crippen LogP contribution is 2.18. The number of rotatable bonds is 1. The fraction of sp³-hybridized carbons (Fsp3) is 1.00. The largest absolute Gasteiger partial charge is 0.394 e. The summed E-state index contributed by atoms with van der Waals surface area (Å²) in [5.74, 6) is 0. The molecule has 0 saturated carbocycles. The molecule has 1 fully saturated rings. The van der Waals surface area contributed by atoms with Crippen LogP contribution in [0.5, 0.6) is 0 Å². The molecule has 0 bridgehead atoms. The van der Waals surface area contributed by atoms with Crippen molar-refractivity contribution in [1.82, 2.24) is 0 Å². The smallest absolute Gasteiger partial charge is 0.184 e. The monoisotopic (exact) mass is 260 g/mol. The Morgan fingerprint density at radius 2 is 1.46 bits per heavy atom. The fourth-order valence-corrected chi connectivity index (χ4v) is 1.08. The van der Waals surface area contributed by atoms with E-state index in [4.69, 9.17) is 25.5 Å². The Balaban J connectivity index is 0.00000144. The SMILES string of the molecule is Br.OC[C@H]1OC(O)[C@@H](O)[C@@H](O)[C@@H]1O. The molecule has 5 atom stereocenters. The van der Waals surface area contributed by atoms with Crippen LogP contribution in [0.15, 0.2) is 0 Å². The molecule has 1 aliphatic rings. The van der Waals surface area contributed by atoms with Crippen LogP contribution in [0.4, 0.5) is 0 Å². The summed E-state index contributed by atoms with van der Waals surface area (Å²) in [6, 6.07) is 0. The number of aliphatic hydroxyl groups excluding tert-OH is 5. The van der Waals surface area contributed by atoms with Gasteiger partial charge in [-0.2, -0.15) is 0 Å². The molecule has 0 aromatic carbocycles. The van der Waals surface area contributed by atoms with Crippen LogP contribution in [-0.2, 0) is 4.74 Å². The molecule has 0 spiro atoms. The number of ether oxygens (including phenoxy) is 1. The maximum absolute atomic E-state index is 9.12. The summed E-state index contributed by atoms with van der Waals surface area (Å²) in [6.07, 6.45) is -7.04. The van der Waals surface area contributed by atoms with Gasteiger partial charge in [-0.1, -0.05) is 0 Å². The highest BCUT2D eigenvalue weighted by molar-refractivity contribution is 8.93. The maximum Gasteiger partial charge on any atom is 0.184 e. The van der Waals surface area contributed by atoms with E-state index in [0.29, 0.717) is 0 Å². The zero-order valence-corrected chi connectivity index (χ0v) is 8.36. The lowest BCUT2D eigenvalue weighted by Crippen LogP contribution is -2.58. The first kappa shape index (κ1) is 13.2. The number of hydrogen-bond donors (Lipinski definition) is 5. The Bertz CT molecular complexity index is 151. The van der Waals surface area contributed by atoms with Gasteiger partial charge in [-0.15, -0.1) is 17.0 Å². The predicted molar refractivity (Wildman–Crippen MR) is 46.3 cm³/mol. The molecule has 6 nitrogen and oxygen atoms in total. The van der Waals surface area contributed by atoms with Crippen molar-refractivity contribution in [3.63, 3.8) is 0 Å². The topological polar surface area (TPSA) is 110 Å². The lowest BCUT2D eigenvalue weighted by Gasteiger charge is -2.37. The lowest BCUT2D eigenvalue weighted by molar-refractivity contribution is -0.286. The summed E-state index contributed by atoms with van der Waals surface area (Å²) in [5.41, 5.74) is 0. The van der Waals surface area contributed by atoms with Crippen LogP contribution in [0.25, 0.3) is 0 Å². The van der Waals surface area contributed by atoms with Gasteiger partial charge in [0.2, 0.25) is 0 Å². The van der Waals surface area contributed by atoms with Crippen molar-refractivity contribution < 1.29 is 30.3 Å². The minimum atomic E-state index is -1.57. The lowest BCUT2D eigenvalue weighted by atomic mass is 10.00. The quantitative estimate of drug-likeness (QED) is 0.353. The van der Waals surface area contributed by atoms with Crippen molar-refractivity contribution in [2.45, 2.75) is 30.7 Å². The summed E-state index contributed by atoms with van der Waals surface area (Å²) in [5, 5.41) is 44.7. The molecule has 7 heteroatoms. The van der Waals surface area contributed by atoms with E-state index in [0.717, 1.165) is 0 Å². The van der Waals surface area contributed by atoms with Crippen molar-refractivity contribution >= 4 is 17.0 Å². The van der Waals surface area contributed by atoms with Gasteiger partial charge in [0, 0.05) is 0 Å². The van der Waals surface area contributed by atoms with E-state index in [1.807, 2.05) is 0 Å². The van der Waals surface area contributed by atoms with E-state index in [2.05, 4.69) is 4.74 Å². The number of aliphatic hydroxyl groups is 5. The molecule has 0 aliphatic carbocycles. The second kappa shape index (κ2) is 5.20. The highest BCUT2D eigenvalue weighted by Gasteiger charge is 2.42. The van der Waals surface area contributed by atoms with Crippen LogP contribution in [0.1, 0.15) is 0 Å². The van der Waals surface area contributed by atoms with Gasteiger partial charge in [0.15, 0.2) is 6.29 Å². The van der Waals surface area contributed by atoms with Crippen molar-refractivity contribution in [2.75, 3.05) is 6.61 Å². The normalized spacial score (nSPS) is 45.5. The van der Waals surface area contributed by atoms with Crippen LogP contribution < -0.4 is 0 Å². The van der Waals surface area contributed by atoms with Crippen LogP contribution >= 0.6 is 17.0 Å². The molecular weight excluding hydrogens is 248 g/mol. The molecule has 1 heterocycles. The van der Waals surface area contributed by atoms with Gasteiger partial charge in [-0.3, -0.25) is 0 Å². The highest BCUT2D eigenvalue weighted by atomic mass is 79.9. The fourth-order valence-electron chi connectivity index (χ4n) is 1.08. The van der Waals surface area contributed by atoms with E-state index in [1.165, 1.54) is 0 Å². The second-order valence-electron chi connectivity index (χ2n) is 2.72. The van der Waals surface area contributed by atoms with Crippen LogP contribution in [0.2, 0.25) is 0 Å². The van der Waals surface area contributed by atoms with E-state index in [-0.39, 0.29) is 17.0 Å². The molecule has 0 amide bonds. The molecule has 13 heavy (non-hydrogen) atoms. The molecule has 0 aromatic rings. The molecule has 0 aromatic heterocycles. The Morgan fingerprint density at radius 3 is 1.92 bits per heavy atom. The van der Waals surface area contributed by atoms with Crippen molar-refractivity contribution in [3.05, 3.63) is 0 Å². The minimum Gasteiger partial charge on any atom is -0.394 e. The Kier molecular flexibility index (Phi) is 5.30. The van der Waals surface area contributed by atoms with Gasteiger partial charge in [0.1, 0.15) is 24.4 Å². The summed E-state index contributed by atoms with van der Waals surface area (Å²) in [7, 11) is 0.